The molecular weight excluding hydrogens is 336 g/mol. The predicted octanol–water partition coefficient (Wildman–Crippen LogP) is 3.43. The summed E-state index contributed by atoms with van der Waals surface area (Å²) in [6.45, 7) is 0. The molecule has 3 aromatic carbocycles. The molecule has 0 aliphatic carbocycles. The molecule has 0 saturated carbocycles. The molecule has 0 aliphatic rings. The van der Waals surface area contributed by atoms with E-state index in [1.807, 2.05) is 30.3 Å². The quantitative estimate of drug-likeness (QED) is 0.590. The van der Waals surface area contributed by atoms with Crippen LogP contribution in [0.5, 0.6) is 0 Å². The molecule has 6 nitrogen and oxygen atoms in total. The van der Waals surface area contributed by atoms with Gasteiger partial charge in [-0.2, -0.15) is 15.4 Å². The Bertz CT molecular complexity index is 1120. The monoisotopic (exact) mass is 350 g/mol. The van der Waals surface area contributed by atoms with Crippen LogP contribution in [0.1, 0.15) is 0 Å². The van der Waals surface area contributed by atoms with Crippen LogP contribution in [0.4, 0.5) is 5.69 Å². The maximum Gasteiger partial charge on any atom is 0.261 e. The largest absolute Gasteiger partial charge is 0.280 e. The number of fused-ring (bicyclic) bond motifs is 1. The van der Waals surface area contributed by atoms with Gasteiger partial charge < -0.3 is 0 Å². The molecule has 0 amide bonds. The summed E-state index contributed by atoms with van der Waals surface area (Å²) in [5, 5.41) is 10.4. The highest BCUT2D eigenvalue weighted by Gasteiger charge is 2.15. The van der Waals surface area contributed by atoms with Gasteiger partial charge in [0.2, 0.25) is 0 Å². The van der Waals surface area contributed by atoms with E-state index in [0.29, 0.717) is 16.7 Å². The van der Waals surface area contributed by atoms with Crippen molar-refractivity contribution < 1.29 is 8.42 Å². The van der Waals surface area contributed by atoms with E-state index in [1.54, 1.807) is 42.5 Å². The van der Waals surface area contributed by atoms with E-state index in [0.717, 1.165) is 11.1 Å². The molecular formula is C18H14N4O2S. The third-order valence-electron chi connectivity index (χ3n) is 3.84. The van der Waals surface area contributed by atoms with Crippen LogP contribution in [0.2, 0.25) is 0 Å². The minimum Gasteiger partial charge on any atom is -0.280 e. The van der Waals surface area contributed by atoms with Crippen LogP contribution < -0.4 is 4.72 Å². The standard InChI is InChI=1S/C18H14N4O2S/c23-25(24,21-15-8-11-17-18(12-15)20-22-19-17)16-9-6-14(7-10-16)13-4-2-1-3-5-13/h1-12,21H,(H,19,20,22). The van der Waals surface area contributed by atoms with E-state index >= 15 is 0 Å². The number of anilines is 1. The molecule has 0 fully saturated rings. The highest BCUT2D eigenvalue weighted by molar-refractivity contribution is 7.92. The van der Waals surface area contributed by atoms with Crippen molar-refractivity contribution in [2.45, 2.75) is 4.90 Å². The van der Waals surface area contributed by atoms with Gasteiger partial charge in [0.05, 0.1) is 10.6 Å². The molecule has 0 atom stereocenters. The number of hydrogen-bond acceptors (Lipinski definition) is 4. The lowest BCUT2D eigenvalue weighted by molar-refractivity contribution is 0.601. The number of sulfonamides is 1. The summed E-state index contributed by atoms with van der Waals surface area (Å²) in [4.78, 5) is 0.201. The van der Waals surface area contributed by atoms with Crippen LogP contribution in [-0.4, -0.2) is 23.8 Å². The molecule has 2 N–H and O–H groups in total. The van der Waals surface area contributed by atoms with Gasteiger partial charge >= 0.3 is 0 Å². The SMILES string of the molecule is O=S(=O)(Nc1ccc2n[nH]nc2c1)c1ccc(-c2ccccc2)cc1. The zero-order valence-electron chi connectivity index (χ0n) is 13.0. The average molecular weight is 350 g/mol. The number of aromatic nitrogens is 3. The number of H-pyrrole nitrogens is 1. The summed E-state index contributed by atoms with van der Waals surface area (Å²) in [6.07, 6.45) is 0. The molecule has 1 aromatic heterocycles. The van der Waals surface area contributed by atoms with E-state index in [4.69, 9.17) is 0 Å². The number of benzene rings is 3. The Balaban J connectivity index is 1.61. The van der Waals surface area contributed by atoms with E-state index < -0.39 is 10.0 Å². The van der Waals surface area contributed by atoms with Crippen LogP contribution in [0.25, 0.3) is 22.2 Å². The first-order valence-corrected chi connectivity index (χ1v) is 9.09. The first-order valence-electron chi connectivity index (χ1n) is 7.61. The Morgan fingerprint density at radius 2 is 1.44 bits per heavy atom. The first-order chi connectivity index (χ1) is 12.1. The van der Waals surface area contributed by atoms with Crippen LogP contribution in [-0.2, 0) is 10.0 Å². The van der Waals surface area contributed by atoms with Crippen molar-refractivity contribution in [1.82, 2.24) is 15.4 Å². The van der Waals surface area contributed by atoms with Gasteiger partial charge in [-0.25, -0.2) is 8.42 Å². The van der Waals surface area contributed by atoms with Gasteiger partial charge in [0.25, 0.3) is 10.0 Å². The van der Waals surface area contributed by atoms with Gasteiger partial charge in [-0.05, 0) is 41.5 Å². The predicted molar refractivity (Wildman–Crippen MR) is 96.6 cm³/mol. The molecule has 0 radical (unpaired) electrons. The first kappa shape index (κ1) is 15.3. The summed E-state index contributed by atoms with van der Waals surface area (Å²) < 4.78 is 27.7. The lowest BCUT2D eigenvalue weighted by Gasteiger charge is -2.09. The number of hydrogen-bond donors (Lipinski definition) is 2. The zero-order valence-corrected chi connectivity index (χ0v) is 13.9. The van der Waals surface area contributed by atoms with Gasteiger partial charge in [0.1, 0.15) is 11.0 Å². The van der Waals surface area contributed by atoms with Crippen molar-refractivity contribution >= 4 is 26.7 Å². The highest BCUT2D eigenvalue weighted by Crippen LogP contribution is 2.23. The van der Waals surface area contributed by atoms with E-state index in [-0.39, 0.29) is 4.90 Å². The summed E-state index contributed by atoms with van der Waals surface area (Å²) in [6, 6.07) is 21.6. The second kappa shape index (κ2) is 6.03. The Hall–Kier alpha value is -3.19. The normalized spacial score (nSPS) is 11.5. The maximum absolute atomic E-state index is 12.6. The van der Waals surface area contributed by atoms with E-state index in [9.17, 15) is 8.42 Å². The smallest absolute Gasteiger partial charge is 0.261 e. The highest BCUT2D eigenvalue weighted by atomic mass is 32.2. The molecule has 124 valence electrons. The van der Waals surface area contributed by atoms with Crippen molar-refractivity contribution in [3.05, 3.63) is 72.8 Å². The molecule has 0 saturated heterocycles. The second-order valence-electron chi connectivity index (χ2n) is 5.52. The summed E-state index contributed by atoms with van der Waals surface area (Å²) >= 11 is 0. The molecule has 0 unspecified atom stereocenters. The molecule has 0 bridgehead atoms. The summed E-state index contributed by atoms with van der Waals surface area (Å²) in [5.74, 6) is 0. The van der Waals surface area contributed by atoms with E-state index in [2.05, 4.69) is 20.1 Å². The summed E-state index contributed by atoms with van der Waals surface area (Å²) in [7, 11) is -3.67. The maximum atomic E-state index is 12.6. The Labute approximate surface area is 144 Å². The molecule has 4 aromatic rings. The van der Waals surface area contributed by atoms with Crippen molar-refractivity contribution in [2.75, 3.05) is 4.72 Å². The molecule has 4 rings (SSSR count). The summed E-state index contributed by atoms with van der Waals surface area (Å²) in [5.41, 5.74) is 3.71. The van der Waals surface area contributed by atoms with E-state index in [1.165, 1.54) is 0 Å². The van der Waals surface area contributed by atoms with Crippen molar-refractivity contribution in [3.8, 4) is 11.1 Å². The Morgan fingerprint density at radius 1 is 0.760 bits per heavy atom. The molecule has 0 aliphatic heterocycles. The fourth-order valence-electron chi connectivity index (χ4n) is 2.57. The fraction of sp³-hybridized carbons (Fsp3) is 0. The lowest BCUT2D eigenvalue weighted by atomic mass is 10.1. The van der Waals surface area contributed by atoms with Crippen molar-refractivity contribution in [2.24, 2.45) is 0 Å². The minimum atomic E-state index is -3.67. The number of nitrogens with one attached hydrogen (secondary N) is 2. The molecule has 1 heterocycles. The minimum absolute atomic E-state index is 0.201. The third-order valence-corrected chi connectivity index (χ3v) is 5.24. The fourth-order valence-corrected chi connectivity index (χ4v) is 3.62. The van der Waals surface area contributed by atoms with Crippen molar-refractivity contribution in [1.29, 1.82) is 0 Å². The number of rotatable bonds is 4. The number of nitrogens with zero attached hydrogens (tertiary/aromatic N) is 2. The molecule has 7 heteroatoms. The van der Waals surface area contributed by atoms with Gasteiger partial charge in [0, 0.05) is 0 Å². The van der Waals surface area contributed by atoms with Gasteiger partial charge in [-0.15, -0.1) is 0 Å². The topological polar surface area (TPSA) is 87.7 Å². The van der Waals surface area contributed by atoms with Crippen LogP contribution in [0.15, 0.2) is 77.7 Å². The van der Waals surface area contributed by atoms with Crippen LogP contribution in [0, 0.1) is 0 Å². The zero-order chi connectivity index (χ0) is 17.3. The Morgan fingerprint density at radius 3 is 2.20 bits per heavy atom. The number of aromatic amines is 1. The third kappa shape index (κ3) is 3.09. The second-order valence-corrected chi connectivity index (χ2v) is 7.21. The van der Waals surface area contributed by atoms with Crippen LogP contribution in [0.3, 0.4) is 0 Å². The average Bonchev–Trinajstić information content (AvgIpc) is 3.10. The Kier molecular flexibility index (Phi) is 3.70. The van der Waals surface area contributed by atoms with Crippen LogP contribution >= 0.6 is 0 Å². The van der Waals surface area contributed by atoms with Gasteiger partial charge in [-0.1, -0.05) is 42.5 Å². The lowest BCUT2D eigenvalue weighted by Crippen LogP contribution is -2.12. The molecule has 0 spiro atoms. The van der Waals surface area contributed by atoms with Gasteiger partial charge in [0.15, 0.2) is 0 Å². The molecule has 25 heavy (non-hydrogen) atoms. The van der Waals surface area contributed by atoms with Crippen molar-refractivity contribution in [3.63, 3.8) is 0 Å². The van der Waals surface area contributed by atoms with Gasteiger partial charge in [-0.3, -0.25) is 4.72 Å².